The molecule has 0 aliphatic rings. The summed E-state index contributed by atoms with van der Waals surface area (Å²) >= 11 is 0. The highest BCUT2D eigenvalue weighted by Gasteiger charge is 2.16. The van der Waals surface area contributed by atoms with Gasteiger partial charge in [0.1, 0.15) is 5.75 Å². The van der Waals surface area contributed by atoms with Crippen molar-refractivity contribution in [2.24, 2.45) is 0 Å². The number of carbonyl (C=O) groups excluding carboxylic acids is 2. The monoisotopic (exact) mass is 463 g/mol. The van der Waals surface area contributed by atoms with Crippen molar-refractivity contribution in [2.75, 3.05) is 17.7 Å². The SMILES string of the molecule is COC(=O)c1cccc(C#Cc2ccc(NC(=O)Nc3cccnc3)cc2)c1-c1cccc(O)c1. The number of anilines is 2. The molecule has 4 rings (SSSR count). The van der Waals surface area contributed by atoms with Crippen LogP contribution in [0.25, 0.3) is 11.1 Å². The van der Waals surface area contributed by atoms with Crippen LogP contribution >= 0.6 is 0 Å². The van der Waals surface area contributed by atoms with Gasteiger partial charge in [0.25, 0.3) is 0 Å². The molecule has 35 heavy (non-hydrogen) atoms. The molecule has 0 fully saturated rings. The zero-order chi connectivity index (χ0) is 24.6. The Bertz CT molecular complexity index is 1420. The van der Waals surface area contributed by atoms with Gasteiger partial charge in [-0.3, -0.25) is 4.98 Å². The first kappa shape index (κ1) is 23.1. The molecule has 7 nitrogen and oxygen atoms in total. The van der Waals surface area contributed by atoms with Gasteiger partial charge in [0.2, 0.25) is 0 Å². The number of aromatic nitrogens is 1. The van der Waals surface area contributed by atoms with Gasteiger partial charge in [0.15, 0.2) is 0 Å². The maximum atomic E-state index is 12.4. The molecule has 0 saturated heterocycles. The topological polar surface area (TPSA) is 101 Å². The highest BCUT2D eigenvalue weighted by molar-refractivity contribution is 6.00. The average Bonchev–Trinajstić information content (AvgIpc) is 2.88. The Hall–Kier alpha value is -5.09. The van der Waals surface area contributed by atoms with Gasteiger partial charge in [0, 0.05) is 28.6 Å². The molecular weight excluding hydrogens is 442 g/mol. The Kier molecular flexibility index (Phi) is 7.05. The van der Waals surface area contributed by atoms with Crippen LogP contribution in [-0.2, 0) is 4.74 Å². The second-order valence-corrected chi connectivity index (χ2v) is 7.42. The van der Waals surface area contributed by atoms with Gasteiger partial charge in [-0.05, 0) is 66.2 Å². The molecule has 172 valence electrons. The van der Waals surface area contributed by atoms with Crippen molar-refractivity contribution in [3.8, 4) is 28.7 Å². The third-order valence-corrected chi connectivity index (χ3v) is 5.01. The Balaban J connectivity index is 1.57. The van der Waals surface area contributed by atoms with E-state index in [9.17, 15) is 14.7 Å². The first-order chi connectivity index (χ1) is 17.0. The summed E-state index contributed by atoms with van der Waals surface area (Å²) in [6.07, 6.45) is 3.18. The molecule has 0 saturated carbocycles. The summed E-state index contributed by atoms with van der Waals surface area (Å²) in [6.45, 7) is 0. The third kappa shape index (κ3) is 5.83. The summed E-state index contributed by atoms with van der Waals surface area (Å²) in [5.41, 5.74) is 4.09. The molecule has 0 bridgehead atoms. The van der Waals surface area contributed by atoms with E-state index in [0.29, 0.717) is 39.2 Å². The van der Waals surface area contributed by atoms with Gasteiger partial charge in [-0.15, -0.1) is 0 Å². The van der Waals surface area contributed by atoms with E-state index in [-0.39, 0.29) is 11.8 Å². The molecule has 0 atom stereocenters. The summed E-state index contributed by atoms with van der Waals surface area (Å²) in [7, 11) is 1.32. The summed E-state index contributed by atoms with van der Waals surface area (Å²) in [5.74, 6) is 5.79. The highest BCUT2D eigenvalue weighted by Crippen LogP contribution is 2.30. The quantitative estimate of drug-likeness (QED) is 0.282. The van der Waals surface area contributed by atoms with Crippen molar-refractivity contribution in [3.05, 3.63) is 108 Å². The van der Waals surface area contributed by atoms with E-state index in [2.05, 4.69) is 27.5 Å². The van der Waals surface area contributed by atoms with Crippen LogP contribution in [-0.4, -0.2) is 29.2 Å². The van der Waals surface area contributed by atoms with Crippen molar-refractivity contribution in [1.82, 2.24) is 4.98 Å². The largest absolute Gasteiger partial charge is 0.508 e. The molecule has 3 aromatic carbocycles. The molecule has 0 spiro atoms. The smallest absolute Gasteiger partial charge is 0.338 e. The van der Waals surface area contributed by atoms with Gasteiger partial charge < -0.3 is 20.5 Å². The lowest BCUT2D eigenvalue weighted by atomic mass is 9.94. The molecular formula is C28H21N3O4. The van der Waals surface area contributed by atoms with Crippen molar-refractivity contribution in [1.29, 1.82) is 0 Å². The molecule has 2 amide bonds. The maximum Gasteiger partial charge on any atom is 0.338 e. The Morgan fingerprint density at radius 2 is 1.66 bits per heavy atom. The highest BCUT2D eigenvalue weighted by atomic mass is 16.5. The molecule has 3 N–H and O–H groups in total. The van der Waals surface area contributed by atoms with E-state index >= 15 is 0 Å². The Morgan fingerprint density at radius 3 is 2.37 bits per heavy atom. The lowest BCUT2D eigenvalue weighted by molar-refractivity contribution is 0.0601. The maximum absolute atomic E-state index is 12.4. The number of pyridine rings is 1. The lowest BCUT2D eigenvalue weighted by Crippen LogP contribution is -2.19. The fraction of sp³-hybridized carbons (Fsp3) is 0.0357. The van der Waals surface area contributed by atoms with Crippen LogP contribution in [0.1, 0.15) is 21.5 Å². The number of amides is 2. The predicted octanol–water partition coefficient (Wildman–Crippen LogP) is 5.28. The second kappa shape index (κ2) is 10.7. The zero-order valence-corrected chi connectivity index (χ0v) is 18.8. The van der Waals surface area contributed by atoms with Gasteiger partial charge in [-0.2, -0.15) is 0 Å². The number of phenols is 1. The number of rotatable bonds is 4. The van der Waals surface area contributed by atoms with Gasteiger partial charge in [0.05, 0.1) is 24.6 Å². The molecule has 0 aliphatic heterocycles. The van der Waals surface area contributed by atoms with Crippen molar-refractivity contribution < 1.29 is 19.4 Å². The molecule has 0 radical (unpaired) electrons. The van der Waals surface area contributed by atoms with Gasteiger partial charge in [-0.1, -0.05) is 30.0 Å². The van der Waals surface area contributed by atoms with E-state index < -0.39 is 5.97 Å². The van der Waals surface area contributed by atoms with Crippen LogP contribution < -0.4 is 10.6 Å². The molecule has 0 unspecified atom stereocenters. The summed E-state index contributed by atoms with van der Waals surface area (Å²) in [4.78, 5) is 28.5. The normalized spacial score (nSPS) is 9.97. The number of nitrogens with one attached hydrogen (secondary N) is 2. The van der Waals surface area contributed by atoms with Crippen molar-refractivity contribution >= 4 is 23.4 Å². The number of nitrogens with zero attached hydrogens (tertiary/aromatic N) is 1. The number of aromatic hydroxyl groups is 1. The first-order valence-corrected chi connectivity index (χ1v) is 10.6. The standard InChI is InChI=1S/C28H21N3O4/c1-35-27(33)25-9-3-5-20(26(25)21-6-2-8-24(32)17-21)13-10-19-11-14-22(15-12-19)30-28(34)31-23-7-4-16-29-18-23/h2-9,11-12,14-18,32H,1H3,(H2,30,31,34). The van der Waals surface area contributed by atoms with Crippen LogP contribution in [0.5, 0.6) is 5.75 Å². The minimum absolute atomic E-state index is 0.0803. The minimum atomic E-state index is -0.494. The van der Waals surface area contributed by atoms with Crippen molar-refractivity contribution in [3.63, 3.8) is 0 Å². The number of hydrogen-bond acceptors (Lipinski definition) is 5. The van der Waals surface area contributed by atoms with Crippen LogP contribution in [0.4, 0.5) is 16.2 Å². The molecule has 1 aromatic heterocycles. The Labute approximate surface area is 202 Å². The number of phenolic OH excluding ortho intramolecular Hbond substituents is 1. The van der Waals surface area contributed by atoms with Gasteiger partial charge in [-0.25, -0.2) is 9.59 Å². The number of benzene rings is 3. The molecule has 0 aliphatic carbocycles. The number of esters is 1. The van der Waals surface area contributed by atoms with Crippen LogP contribution in [0.2, 0.25) is 0 Å². The average molecular weight is 463 g/mol. The Morgan fingerprint density at radius 1 is 0.886 bits per heavy atom. The number of ether oxygens (including phenoxy) is 1. The number of hydrogen-bond donors (Lipinski definition) is 3. The van der Waals surface area contributed by atoms with Crippen LogP contribution in [0.3, 0.4) is 0 Å². The van der Waals surface area contributed by atoms with Gasteiger partial charge >= 0.3 is 12.0 Å². The fourth-order valence-electron chi connectivity index (χ4n) is 3.42. The van der Waals surface area contributed by atoms with E-state index in [1.54, 1.807) is 91.3 Å². The van der Waals surface area contributed by atoms with Crippen molar-refractivity contribution in [2.45, 2.75) is 0 Å². The van der Waals surface area contributed by atoms with Crippen LogP contribution in [0, 0.1) is 11.8 Å². The summed E-state index contributed by atoms with van der Waals surface area (Å²) in [5, 5.41) is 15.4. The second-order valence-electron chi connectivity index (χ2n) is 7.42. The van der Waals surface area contributed by atoms with E-state index in [4.69, 9.17) is 4.74 Å². The first-order valence-electron chi connectivity index (χ1n) is 10.6. The molecule has 7 heteroatoms. The zero-order valence-electron chi connectivity index (χ0n) is 18.8. The summed E-state index contributed by atoms with van der Waals surface area (Å²) < 4.78 is 4.94. The third-order valence-electron chi connectivity index (χ3n) is 5.01. The van der Waals surface area contributed by atoms with E-state index in [1.165, 1.54) is 7.11 Å². The number of carbonyl (C=O) groups is 2. The fourth-order valence-corrected chi connectivity index (χ4v) is 3.42. The minimum Gasteiger partial charge on any atom is -0.508 e. The number of urea groups is 1. The van der Waals surface area contributed by atoms with E-state index in [1.807, 2.05) is 0 Å². The molecule has 1 heterocycles. The lowest BCUT2D eigenvalue weighted by Gasteiger charge is -2.11. The summed E-state index contributed by atoms with van der Waals surface area (Å²) in [6, 6.07) is 22.0. The van der Waals surface area contributed by atoms with E-state index in [0.717, 1.165) is 0 Å². The molecule has 4 aromatic rings. The van der Waals surface area contributed by atoms with Crippen LogP contribution in [0.15, 0.2) is 91.3 Å². The number of methoxy groups -OCH3 is 1. The predicted molar refractivity (Wildman–Crippen MR) is 134 cm³/mol.